The molecule has 0 saturated carbocycles. The first-order chi connectivity index (χ1) is 10.1. The Kier molecular flexibility index (Phi) is 7.51. The van der Waals surface area contributed by atoms with Crippen LogP contribution in [0.2, 0.25) is 0 Å². The molecule has 0 radical (unpaired) electrons. The molecule has 4 nitrogen and oxygen atoms in total. The van der Waals surface area contributed by atoms with Crippen LogP contribution in [0.15, 0.2) is 24.3 Å². The predicted molar refractivity (Wildman–Crippen MR) is 86.4 cm³/mol. The third kappa shape index (κ3) is 6.43. The van der Waals surface area contributed by atoms with Crippen LogP contribution in [0.4, 0.5) is 5.69 Å². The number of hydrogen-bond acceptors (Lipinski definition) is 2. The monoisotopic (exact) mass is 290 g/mol. The fourth-order valence-corrected chi connectivity index (χ4v) is 2.23. The molecular weight excluding hydrogens is 264 g/mol. The van der Waals surface area contributed by atoms with Gasteiger partial charge in [0.1, 0.15) is 0 Å². The Morgan fingerprint density at radius 3 is 2.57 bits per heavy atom. The van der Waals surface area contributed by atoms with Crippen LogP contribution in [-0.4, -0.2) is 17.9 Å². The molecule has 2 amide bonds. The van der Waals surface area contributed by atoms with Crippen molar-refractivity contribution in [1.29, 1.82) is 0 Å². The molecule has 0 spiro atoms. The van der Waals surface area contributed by atoms with Crippen LogP contribution in [0, 0.1) is 0 Å². The normalized spacial score (nSPS) is 11.8. The van der Waals surface area contributed by atoms with Gasteiger partial charge in [-0.2, -0.15) is 0 Å². The SMILES string of the molecule is CCCCCC(CC)NC(=O)c1cccc(NC(C)=O)c1. The van der Waals surface area contributed by atoms with Crippen molar-refractivity contribution < 1.29 is 9.59 Å². The quantitative estimate of drug-likeness (QED) is 0.717. The molecule has 0 heterocycles. The Morgan fingerprint density at radius 1 is 1.19 bits per heavy atom. The van der Waals surface area contributed by atoms with Crippen molar-refractivity contribution >= 4 is 17.5 Å². The van der Waals surface area contributed by atoms with Gasteiger partial charge in [-0.1, -0.05) is 39.2 Å². The van der Waals surface area contributed by atoms with Gasteiger partial charge in [-0.15, -0.1) is 0 Å². The molecule has 0 fully saturated rings. The standard InChI is InChI=1S/C17H26N2O2/c1-4-6-7-10-15(5-2)19-17(21)14-9-8-11-16(12-14)18-13(3)20/h8-9,11-12,15H,4-7,10H2,1-3H3,(H,18,20)(H,19,21). The van der Waals surface area contributed by atoms with E-state index in [1.165, 1.54) is 19.8 Å². The molecule has 1 unspecified atom stereocenters. The van der Waals surface area contributed by atoms with E-state index in [-0.39, 0.29) is 17.9 Å². The van der Waals surface area contributed by atoms with Gasteiger partial charge in [0.15, 0.2) is 0 Å². The fraction of sp³-hybridized carbons (Fsp3) is 0.529. The minimum atomic E-state index is -0.140. The molecule has 0 aromatic heterocycles. The lowest BCUT2D eigenvalue weighted by molar-refractivity contribution is -0.114. The van der Waals surface area contributed by atoms with Crippen LogP contribution >= 0.6 is 0 Å². The predicted octanol–water partition coefficient (Wildman–Crippen LogP) is 3.73. The van der Waals surface area contributed by atoms with Crippen LogP contribution in [0.3, 0.4) is 0 Å². The third-order valence-corrected chi connectivity index (χ3v) is 3.43. The maximum atomic E-state index is 12.3. The summed E-state index contributed by atoms with van der Waals surface area (Å²) in [4.78, 5) is 23.3. The molecule has 1 rings (SSSR count). The van der Waals surface area contributed by atoms with Gasteiger partial charge < -0.3 is 10.6 Å². The van der Waals surface area contributed by atoms with Crippen molar-refractivity contribution in [3.05, 3.63) is 29.8 Å². The summed E-state index contributed by atoms with van der Waals surface area (Å²) in [5.74, 6) is -0.218. The van der Waals surface area contributed by atoms with Crippen LogP contribution in [-0.2, 0) is 4.79 Å². The summed E-state index contributed by atoms with van der Waals surface area (Å²) in [6.07, 6.45) is 5.47. The van der Waals surface area contributed by atoms with E-state index >= 15 is 0 Å². The highest BCUT2D eigenvalue weighted by Crippen LogP contribution is 2.12. The summed E-state index contributed by atoms with van der Waals surface area (Å²) in [5, 5.41) is 5.76. The maximum absolute atomic E-state index is 12.3. The van der Waals surface area contributed by atoms with Gasteiger partial charge in [0, 0.05) is 24.2 Å². The second kappa shape index (κ2) is 9.16. The van der Waals surface area contributed by atoms with E-state index in [1.54, 1.807) is 24.3 Å². The Bertz CT molecular complexity index is 472. The van der Waals surface area contributed by atoms with Crippen LogP contribution < -0.4 is 10.6 Å². The van der Waals surface area contributed by atoms with Gasteiger partial charge in [-0.05, 0) is 31.0 Å². The maximum Gasteiger partial charge on any atom is 0.251 e. The summed E-state index contributed by atoms with van der Waals surface area (Å²) in [6.45, 7) is 5.71. The number of hydrogen-bond donors (Lipinski definition) is 2. The van der Waals surface area contributed by atoms with E-state index in [1.807, 2.05) is 0 Å². The van der Waals surface area contributed by atoms with Crippen LogP contribution in [0.25, 0.3) is 0 Å². The van der Waals surface area contributed by atoms with Gasteiger partial charge >= 0.3 is 0 Å². The van der Waals surface area contributed by atoms with Crippen molar-refractivity contribution in [2.75, 3.05) is 5.32 Å². The minimum Gasteiger partial charge on any atom is -0.349 e. The van der Waals surface area contributed by atoms with Gasteiger partial charge in [-0.3, -0.25) is 9.59 Å². The topological polar surface area (TPSA) is 58.2 Å². The van der Waals surface area contributed by atoms with E-state index in [4.69, 9.17) is 0 Å². The summed E-state index contributed by atoms with van der Waals surface area (Å²) >= 11 is 0. The van der Waals surface area contributed by atoms with E-state index in [0.717, 1.165) is 19.3 Å². The van der Waals surface area contributed by atoms with E-state index in [2.05, 4.69) is 24.5 Å². The molecule has 4 heteroatoms. The number of unbranched alkanes of at least 4 members (excludes halogenated alkanes) is 2. The van der Waals surface area contributed by atoms with Crippen molar-refractivity contribution in [3.8, 4) is 0 Å². The van der Waals surface area contributed by atoms with Crippen molar-refractivity contribution in [3.63, 3.8) is 0 Å². The van der Waals surface area contributed by atoms with Gasteiger partial charge in [0.25, 0.3) is 5.91 Å². The smallest absolute Gasteiger partial charge is 0.251 e. The number of amides is 2. The van der Waals surface area contributed by atoms with Gasteiger partial charge in [0.05, 0.1) is 0 Å². The molecular formula is C17H26N2O2. The number of anilines is 1. The molecule has 1 aromatic rings. The van der Waals surface area contributed by atoms with Crippen LogP contribution in [0.5, 0.6) is 0 Å². The molecule has 0 aliphatic rings. The molecule has 0 saturated heterocycles. The van der Waals surface area contributed by atoms with E-state index < -0.39 is 0 Å². The Hall–Kier alpha value is -1.84. The lowest BCUT2D eigenvalue weighted by atomic mass is 10.1. The Balaban J connectivity index is 2.62. The van der Waals surface area contributed by atoms with Gasteiger partial charge in [0.2, 0.25) is 5.91 Å². The zero-order valence-corrected chi connectivity index (χ0v) is 13.2. The first-order valence-corrected chi connectivity index (χ1v) is 7.75. The lowest BCUT2D eigenvalue weighted by Crippen LogP contribution is -2.34. The summed E-state index contributed by atoms with van der Waals surface area (Å²) in [6, 6.07) is 7.23. The number of nitrogens with one attached hydrogen (secondary N) is 2. The molecule has 0 aliphatic heterocycles. The minimum absolute atomic E-state index is 0.0782. The summed E-state index contributed by atoms with van der Waals surface area (Å²) in [5.41, 5.74) is 1.23. The second-order valence-corrected chi connectivity index (χ2v) is 5.34. The Morgan fingerprint density at radius 2 is 1.95 bits per heavy atom. The third-order valence-electron chi connectivity index (χ3n) is 3.43. The molecule has 21 heavy (non-hydrogen) atoms. The van der Waals surface area contributed by atoms with E-state index in [0.29, 0.717) is 11.3 Å². The molecule has 116 valence electrons. The number of rotatable bonds is 8. The highest BCUT2D eigenvalue weighted by Gasteiger charge is 2.12. The number of carbonyl (C=O) groups is 2. The highest BCUT2D eigenvalue weighted by atomic mass is 16.2. The van der Waals surface area contributed by atoms with Crippen molar-refractivity contribution in [1.82, 2.24) is 5.32 Å². The lowest BCUT2D eigenvalue weighted by Gasteiger charge is -2.17. The van der Waals surface area contributed by atoms with Gasteiger partial charge in [-0.25, -0.2) is 0 Å². The zero-order chi connectivity index (χ0) is 15.7. The highest BCUT2D eigenvalue weighted by molar-refractivity contribution is 5.96. The first-order valence-electron chi connectivity index (χ1n) is 7.75. The van der Waals surface area contributed by atoms with Crippen molar-refractivity contribution in [2.24, 2.45) is 0 Å². The molecule has 2 N–H and O–H groups in total. The summed E-state index contributed by atoms with van der Waals surface area (Å²) in [7, 11) is 0. The van der Waals surface area contributed by atoms with E-state index in [9.17, 15) is 9.59 Å². The largest absolute Gasteiger partial charge is 0.349 e. The second-order valence-electron chi connectivity index (χ2n) is 5.34. The molecule has 1 atom stereocenters. The first kappa shape index (κ1) is 17.2. The fourth-order valence-electron chi connectivity index (χ4n) is 2.23. The average Bonchev–Trinajstić information content (AvgIpc) is 2.45. The molecule has 0 bridgehead atoms. The molecule has 0 aliphatic carbocycles. The number of benzene rings is 1. The average molecular weight is 290 g/mol. The summed E-state index contributed by atoms with van der Waals surface area (Å²) < 4.78 is 0. The van der Waals surface area contributed by atoms with Crippen molar-refractivity contribution in [2.45, 2.75) is 58.9 Å². The zero-order valence-electron chi connectivity index (χ0n) is 13.2. The van der Waals surface area contributed by atoms with Crippen LogP contribution in [0.1, 0.15) is 63.2 Å². The molecule has 1 aromatic carbocycles. The Labute approximate surface area is 127 Å². The number of carbonyl (C=O) groups excluding carboxylic acids is 2.